The molecule has 33 heavy (non-hydrogen) atoms. The molecule has 4 aromatic heterocycles. The molecule has 0 bridgehead atoms. The molecule has 0 saturated heterocycles. The highest BCUT2D eigenvalue weighted by Gasteiger charge is 2.28. The number of hydrogen-bond donors (Lipinski definition) is 0. The molecule has 4 aromatic rings. The van der Waals surface area contributed by atoms with Gasteiger partial charge in [0, 0.05) is 5.41 Å². The predicted octanol–water partition coefficient (Wildman–Crippen LogP) is 3.21. The first kappa shape index (κ1) is 22.1. The lowest BCUT2D eigenvalue weighted by atomic mass is 9.84. The van der Waals surface area contributed by atoms with Crippen molar-refractivity contribution in [3.8, 4) is 35.2 Å². The van der Waals surface area contributed by atoms with Crippen molar-refractivity contribution in [1.29, 1.82) is 0 Å². The molecule has 4 heterocycles. The molecule has 0 aliphatic heterocycles. The molecule has 0 unspecified atom stereocenters. The fourth-order valence-corrected chi connectivity index (χ4v) is 3.56. The first-order valence-corrected chi connectivity index (χ1v) is 10.2. The highest BCUT2D eigenvalue weighted by molar-refractivity contribution is 5.41. The average molecular weight is 450 g/mol. The van der Waals surface area contributed by atoms with Gasteiger partial charge >= 0.3 is 0 Å². The van der Waals surface area contributed by atoms with Gasteiger partial charge in [-0.3, -0.25) is 0 Å². The summed E-state index contributed by atoms with van der Waals surface area (Å²) in [7, 11) is 6.23. The molecule has 0 aliphatic rings. The van der Waals surface area contributed by atoms with Gasteiger partial charge in [0.2, 0.25) is 0 Å². The lowest BCUT2D eigenvalue weighted by molar-refractivity contribution is 0.334. The van der Waals surface area contributed by atoms with Crippen molar-refractivity contribution in [3.05, 3.63) is 60.4 Å². The summed E-state index contributed by atoms with van der Waals surface area (Å²) in [5, 5.41) is 0. The third kappa shape index (κ3) is 3.84. The fraction of sp³-hybridized carbons (Fsp3) is 0.304. The summed E-state index contributed by atoms with van der Waals surface area (Å²) in [6.07, 6.45) is 3.24. The van der Waals surface area contributed by atoms with E-state index < -0.39 is 5.41 Å². The van der Waals surface area contributed by atoms with Crippen LogP contribution in [0.1, 0.15) is 25.2 Å². The number of aromatic nitrogens is 6. The highest BCUT2D eigenvalue weighted by atomic mass is 16.5. The first-order chi connectivity index (χ1) is 15.9. The quantitative estimate of drug-likeness (QED) is 0.404. The zero-order valence-electron chi connectivity index (χ0n) is 19.4. The van der Waals surface area contributed by atoms with Crippen LogP contribution in [0.15, 0.2) is 49.1 Å². The normalized spacial score (nSPS) is 11.3. The molecule has 4 rings (SSSR count). The van der Waals surface area contributed by atoms with E-state index in [-0.39, 0.29) is 0 Å². The number of ether oxygens (including phenoxy) is 4. The van der Waals surface area contributed by atoms with Crippen LogP contribution < -0.4 is 18.9 Å². The standard InChI is InChI=1S/C23H26N6O4/c1-23(2,15-9-7-11-17(26-15)28-13-24-19(30-3)21(28)32-5)16-10-8-12-18(27-16)29-14-25-20(31-4)22(29)33-6/h7-14H,1-6H3. The van der Waals surface area contributed by atoms with E-state index in [0.29, 0.717) is 35.2 Å². The van der Waals surface area contributed by atoms with Gasteiger partial charge in [-0.15, -0.1) is 0 Å². The lowest BCUT2D eigenvalue weighted by Crippen LogP contribution is -2.23. The van der Waals surface area contributed by atoms with Crippen LogP contribution in [0.4, 0.5) is 0 Å². The Balaban J connectivity index is 1.74. The zero-order chi connectivity index (χ0) is 23.6. The van der Waals surface area contributed by atoms with E-state index in [1.165, 1.54) is 0 Å². The van der Waals surface area contributed by atoms with Crippen molar-refractivity contribution >= 4 is 0 Å². The summed E-state index contributed by atoms with van der Waals surface area (Å²) in [5.74, 6) is 3.05. The minimum Gasteiger partial charge on any atom is -0.478 e. The highest BCUT2D eigenvalue weighted by Crippen LogP contribution is 2.33. The number of rotatable bonds is 8. The maximum absolute atomic E-state index is 5.46. The van der Waals surface area contributed by atoms with Crippen LogP contribution in [0.5, 0.6) is 23.5 Å². The number of pyridine rings is 2. The summed E-state index contributed by atoms with van der Waals surface area (Å²) >= 11 is 0. The van der Waals surface area contributed by atoms with E-state index in [2.05, 4.69) is 23.8 Å². The minimum atomic E-state index is -0.512. The maximum Gasteiger partial charge on any atom is 0.277 e. The van der Waals surface area contributed by atoms with Crippen LogP contribution in [0.2, 0.25) is 0 Å². The van der Waals surface area contributed by atoms with Crippen molar-refractivity contribution in [3.63, 3.8) is 0 Å². The Labute approximate surface area is 191 Å². The second-order valence-corrected chi connectivity index (χ2v) is 7.65. The van der Waals surface area contributed by atoms with Crippen LogP contribution in [0, 0.1) is 0 Å². The second kappa shape index (κ2) is 8.81. The predicted molar refractivity (Wildman–Crippen MR) is 121 cm³/mol. The van der Waals surface area contributed by atoms with Gasteiger partial charge in [0.1, 0.15) is 24.3 Å². The van der Waals surface area contributed by atoms with E-state index in [1.54, 1.807) is 50.2 Å². The molecule has 172 valence electrons. The minimum absolute atomic E-state index is 0.392. The molecule has 0 atom stereocenters. The van der Waals surface area contributed by atoms with E-state index in [4.69, 9.17) is 28.9 Å². The summed E-state index contributed by atoms with van der Waals surface area (Å²) in [4.78, 5) is 18.2. The number of hydrogen-bond acceptors (Lipinski definition) is 8. The molecular weight excluding hydrogens is 424 g/mol. The molecule has 0 aliphatic carbocycles. The van der Waals surface area contributed by atoms with E-state index in [0.717, 1.165) is 11.4 Å². The maximum atomic E-state index is 5.46. The van der Waals surface area contributed by atoms with Gasteiger partial charge in [0.05, 0.1) is 39.8 Å². The van der Waals surface area contributed by atoms with Crippen molar-refractivity contribution in [2.45, 2.75) is 19.3 Å². The van der Waals surface area contributed by atoms with Gasteiger partial charge in [-0.05, 0) is 38.1 Å². The topological polar surface area (TPSA) is 98.3 Å². The van der Waals surface area contributed by atoms with Gasteiger partial charge in [0.15, 0.2) is 0 Å². The Hall–Kier alpha value is -4.08. The monoisotopic (exact) mass is 450 g/mol. The molecule has 0 aromatic carbocycles. The van der Waals surface area contributed by atoms with E-state index in [1.807, 2.05) is 36.4 Å². The van der Waals surface area contributed by atoms with Crippen molar-refractivity contribution in [1.82, 2.24) is 29.1 Å². The van der Waals surface area contributed by atoms with Crippen LogP contribution in [-0.4, -0.2) is 57.5 Å². The van der Waals surface area contributed by atoms with Crippen LogP contribution in [0.3, 0.4) is 0 Å². The van der Waals surface area contributed by atoms with Gasteiger partial charge in [-0.2, -0.15) is 9.97 Å². The molecule has 0 fully saturated rings. The first-order valence-electron chi connectivity index (χ1n) is 10.2. The SMILES string of the molecule is COc1ncn(-c2cccc(C(C)(C)c3cccc(-n4cnc(OC)c4OC)n3)n2)c1OC. The lowest BCUT2D eigenvalue weighted by Gasteiger charge is -2.25. The molecule has 10 nitrogen and oxygen atoms in total. The van der Waals surface area contributed by atoms with Crippen molar-refractivity contribution in [2.75, 3.05) is 28.4 Å². The zero-order valence-corrected chi connectivity index (χ0v) is 19.4. The Morgan fingerprint density at radius 3 is 1.42 bits per heavy atom. The molecule has 0 N–H and O–H groups in total. The number of nitrogens with zero attached hydrogens (tertiary/aromatic N) is 6. The van der Waals surface area contributed by atoms with Crippen LogP contribution in [-0.2, 0) is 5.41 Å². The summed E-state index contributed by atoms with van der Waals surface area (Å²) < 4.78 is 24.9. The van der Waals surface area contributed by atoms with Gasteiger partial charge in [0.25, 0.3) is 23.5 Å². The van der Waals surface area contributed by atoms with Crippen molar-refractivity contribution in [2.24, 2.45) is 0 Å². The number of methoxy groups -OCH3 is 4. The summed E-state index contributed by atoms with van der Waals surface area (Å²) in [5.41, 5.74) is 1.14. The Morgan fingerprint density at radius 2 is 1.06 bits per heavy atom. The molecule has 0 saturated carbocycles. The third-order valence-electron chi connectivity index (χ3n) is 5.40. The van der Waals surface area contributed by atoms with Gasteiger partial charge in [-0.1, -0.05) is 12.1 Å². The Kier molecular flexibility index (Phi) is 5.91. The van der Waals surface area contributed by atoms with E-state index >= 15 is 0 Å². The van der Waals surface area contributed by atoms with Crippen LogP contribution >= 0.6 is 0 Å². The smallest absolute Gasteiger partial charge is 0.277 e. The van der Waals surface area contributed by atoms with Crippen LogP contribution in [0.25, 0.3) is 11.6 Å². The summed E-state index contributed by atoms with van der Waals surface area (Å²) in [6, 6.07) is 11.6. The molecule has 0 radical (unpaired) electrons. The summed E-state index contributed by atoms with van der Waals surface area (Å²) in [6.45, 7) is 4.14. The third-order valence-corrected chi connectivity index (χ3v) is 5.40. The molecule has 10 heteroatoms. The molecular formula is C23H26N6O4. The Morgan fingerprint density at radius 1 is 0.636 bits per heavy atom. The molecule has 0 amide bonds. The molecule has 0 spiro atoms. The Bertz CT molecular complexity index is 1170. The van der Waals surface area contributed by atoms with Gasteiger partial charge < -0.3 is 18.9 Å². The number of imidazole rings is 2. The average Bonchev–Trinajstić information content (AvgIpc) is 3.47. The fourth-order valence-electron chi connectivity index (χ4n) is 3.56. The second-order valence-electron chi connectivity index (χ2n) is 7.65. The van der Waals surface area contributed by atoms with Crippen molar-refractivity contribution < 1.29 is 18.9 Å². The van der Waals surface area contributed by atoms with Gasteiger partial charge in [-0.25, -0.2) is 19.1 Å². The largest absolute Gasteiger partial charge is 0.478 e. The van der Waals surface area contributed by atoms with E-state index in [9.17, 15) is 0 Å².